The van der Waals surface area contributed by atoms with Gasteiger partial charge < -0.3 is 42.6 Å². The number of esters is 1. The van der Waals surface area contributed by atoms with Crippen molar-refractivity contribution in [3.8, 4) is 5.75 Å². The molecule has 33 heavy (non-hydrogen) atoms. The second-order valence-corrected chi connectivity index (χ2v) is 8.75. The van der Waals surface area contributed by atoms with Crippen molar-refractivity contribution in [3.63, 3.8) is 0 Å². The highest BCUT2D eigenvalue weighted by molar-refractivity contribution is 5.95. The molecule has 1 heterocycles. The van der Waals surface area contributed by atoms with E-state index in [2.05, 4.69) is 10.3 Å². The number of rotatable bonds is 11. The number of aliphatic hydroxyl groups excluding tert-OH is 2. The van der Waals surface area contributed by atoms with Gasteiger partial charge in [-0.25, -0.2) is 4.79 Å². The standard InChI is InChI=1S/C22H35N5O6/c1-11(2)9-14(16-10-12-5-3-7-15(28)17(12)21(32)33-16)27-20(31)19(30)18(29)13(23)6-4-8-26-22(24)25/h3,5,7,11,13-14,16,18-19,28-30H,4,6,8-10,23H2,1-2H3,(H,27,31)(H4,24,25,26)/t13-,14-,16-,18-,19-/m1/s1. The molecule has 0 aromatic heterocycles. The van der Waals surface area contributed by atoms with Crippen LogP contribution in [0.15, 0.2) is 23.2 Å². The number of amides is 1. The molecule has 0 spiro atoms. The number of ether oxygens (including phenoxy) is 1. The first-order valence-corrected chi connectivity index (χ1v) is 11.0. The van der Waals surface area contributed by atoms with Gasteiger partial charge in [0.25, 0.3) is 5.91 Å². The number of phenolic OH excluding ortho intramolecular Hbond substituents is 1. The van der Waals surface area contributed by atoms with Crippen LogP contribution in [0.5, 0.6) is 5.75 Å². The number of phenols is 1. The van der Waals surface area contributed by atoms with Gasteiger partial charge in [-0.1, -0.05) is 26.0 Å². The highest BCUT2D eigenvalue weighted by Gasteiger charge is 2.37. The van der Waals surface area contributed by atoms with E-state index in [1.807, 2.05) is 13.8 Å². The van der Waals surface area contributed by atoms with Gasteiger partial charge in [0.2, 0.25) is 0 Å². The lowest BCUT2D eigenvalue weighted by atomic mass is 9.90. The van der Waals surface area contributed by atoms with Crippen molar-refractivity contribution in [1.29, 1.82) is 0 Å². The number of hydrogen-bond acceptors (Lipinski definition) is 8. The molecule has 0 saturated heterocycles. The zero-order valence-electron chi connectivity index (χ0n) is 19.0. The normalized spacial score (nSPS) is 19.1. The van der Waals surface area contributed by atoms with Crippen molar-refractivity contribution in [2.24, 2.45) is 28.1 Å². The molecule has 1 amide bonds. The number of aliphatic imine (C=N–C) groups is 1. The maximum absolute atomic E-state index is 12.7. The summed E-state index contributed by atoms with van der Waals surface area (Å²) in [5.74, 6) is -1.57. The van der Waals surface area contributed by atoms with E-state index >= 15 is 0 Å². The fourth-order valence-electron chi connectivity index (χ4n) is 3.85. The minimum absolute atomic E-state index is 0.0547. The van der Waals surface area contributed by atoms with E-state index in [-0.39, 0.29) is 36.0 Å². The number of benzene rings is 1. The maximum Gasteiger partial charge on any atom is 0.342 e. The molecule has 184 valence electrons. The van der Waals surface area contributed by atoms with Crippen molar-refractivity contribution in [2.45, 2.75) is 69.9 Å². The molecule has 10 N–H and O–H groups in total. The van der Waals surface area contributed by atoms with Gasteiger partial charge in [-0.05, 0) is 36.8 Å². The predicted molar refractivity (Wildman–Crippen MR) is 122 cm³/mol. The molecule has 0 saturated carbocycles. The van der Waals surface area contributed by atoms with Crippen LogP contribution in [0.1, 0.15) is 49.0 Å². The molecule has 1 aliphatic rings. The number of aromatic hydroxyl groups is 1. The van der Waals surface area contributed by atoms with Crippen molar-refractivity contribution in [2.75, 3.05) is 6.54 Å². The maximum atomic E-state index is 12.7. The minimum Gasteiger partial charge on any atom is -0.507 e. The zero-order chi connectivity index (χ0) is 24.7. The highest BCUT2D eigenvalue weighted by Crippen LogP contribution is 2.30. The van der Waals surface area contributed by atoms with Crippen molar-refractivity contribution >= 4 is 17.8 Å². The monoisotopic (exact) mass is 465 g/mol. The molecule has 0 radical (unpaired) electrons. The largest absolute Gasteiger partial charge is 0.507 e. The SMILES string of the molecule is CC(C)C[C@@H](NC(=O)[C@H](O)[C@H](O)[C@H](N)CCCN=C(N)N)[C@H]1Cc2cccc(O)c2C(=O)O1. The summed E-state index contributed by atoms with van der Waals surface area (Å²) in [4.78, 5) is 29.0. The summed E-state index contributed by atoms with van der Waals surface area (Å²) in [6, 6.07) is 3.28. The number of carbonyl (C=O) groups excluding carboxylic acids is 2. The van der Waals surface area contributed by atoms with Gasteiger partial charge in [0, 0.05) is 19.0 Å². The molecule has 5 atom stereocenters. The average molecular weight is 466 g/mol. The number of aliphatic hydroxyl groups is 2. The van der Waals surface area contributed by atoms with Gasteiger partial charge in [-0.15, -0.1) is 0 Å². The predicted octanol–water partition coefficient (Wildman–Crippen LogP) is -0.893. The van der Waals surface area contributed by atoms with E-state index < -0.39 is 42.3 Å². The molecule has 0 unspecified atom stereocenters. The van der Waals surface area contributed by atoms with E-state index in [1.165, 1.54) is 6.07 Å². The Hall–Kier alpha value is -2.89. The first-order chi connectivity index (χ1) is 15.5. The Morgan fingerprint density at radius 2 is 2.00 bits per heavy atom. The number of cyclic esters (lactones) is 1. The summed E-state index contributed by atoms with van der Waals surface area (Å²) >= 11 is 0. The van der Waals surface area contributed by atoms with Crippen molar-refractivity contribution in [3.05, 3.63) is 29.3 Å². The lowest BCUT2D eigenvalue weighted by molar-refractivity contribution is -0.138. The van der Waals surface area contributed by atoms with Crippen LogP contribution in [0.25, 0.3) is 0 Å². The molecule has 11 heteroatoms. The molecule has 11 nitrogen and oxygen atoms in total. The Morgan fingerprint density at radius 3 is 2.64 bits per heavy atom. The molecule has 1 aliphatic heterocycles. The molecule has 0 aliphatic carbocycles. The number of fused-ring (bicyclic) bond motifs is 1. The topological polar surface area (TPSA) is 207 Å². The summed E-state index contributed by atoms with van der Waals surface area (Å²) in [6.07, 6.45) is -2.47. The summed E-state index contributed by atoms with van der Waals surface area (Å²) in [7, 11) is 0. The van der Waals surface area contributed by atoms with Gasteiger partial charge in [0.1, 0.15) is 23.5 Å². The number of nitrogens with one attached hydrogen (secondary N) is 1. The third-order valence-corrected chi connectivity index (χ3v) is 5.53. The van der Waals surface area contributed by atoms with E-state index in [0.717, 1.165) is 0 Å². The number of guanidine groups is 1. The second-order valence-electron chi connectivity index (χ2n) is 8.75. The lowest BCUT2D eigenvalue weighted by Gasteiger charge is -2.34. The second kappa shape index (κ2) is 11.8. The summed E-state index contributed by atoms with van der Waals surface area (Å²) in [5, 5.41) is 33.4. The Balaban J connectivity index is 2.05. The summed E-state index contributed by atoms with van der Waals surface area (Å²) in [6.45, 7) is 4.20. The van der Waals surface area contributed by atoms with Crippen LogP contribution in [-0.4, -0.2) is 70.1 Å². The Bertz CT molecular complexity index is 858. The third kappa shape index (κ3) is 7.31. The molecule has 1 aromatic rings. The average Bonchev–Trinajstić information content (AvgIpc) is 2.74. The van der Waals surface area contributed by atoms with Gasteiger partial charge >= 0.3 is 5.97 Å². The summed E-state index contributed by atoms with van der Waals surface area (Å²) in [5.41, 5.74) is 17.2. The van der Waals surface area contributed by atoms with Gasteiger partial charge in [-0.2, -0.15) is 0 Å². The van der Waals surface area contributed by atoms with E-state index in [4.69, 9.17) is 21.9 Å². The van der Waals surface area contributed by atoms with Crippen LogP contribution in [0.3, 0.4) is 0 Å². The number of carbonyl (C=O) groups is 2. The Morgan fingerprint density at radius 1 is 1.30 bits per heavy atom. The molecule has 1 aromatic carbocycles. The van der Waals surface area contributed by atoms with Crippen LogP contribution in [0.2, 0.25) is 0 Å². The van der Waals surface area contributed by atoms with Crippen molar-refractivity contribution in [1.82, 2.24) is 5.32 Å². The number of nitrogens with zero attached hydrogens (tertiary/aromatic N) is 1. The van der Waals surface area contributed by atoms with E-state index in [1.54, 1.807) is 12.1 Å². The smallest absolute Gasteiger partial charge is 0.342 e. The first-order valence-electron chi connectivity index (χ1n) is 11.0. The summed E-state index contributed by atoms with van der Waals surface area (Å²) < 4.78 is 5.51. The van der Waals surface area contributed by atoms with Gasteiger partial charge in [0.05, 0.1) is 6.04 Å². The van der Waals surface area contributed by atoms with Crippen LogP contribution < -0.4 is 22.5 Å². The fourth-order valence-corrected chi connectivity index (χ4v) is 3.85. The van der Waals surface area contributed by atoms with Crippen LogP contribution in [0.4, 0.5) is 0 Å². The third-order valence-electron chi connectivity index (χ3n) is 5.53. The number of hydrogen-bond donors (Lipinski definition) is 7. The van der Waals surface area contributed by atoms with E-state index in [9.17, 15) is 24.9 Å². The molecular weight excluding hydrogens is 430 g/mol. The molecule has 2 rings (SSSR count). The van der Waals surface area contributed by atoms with E-state index in [0.29, 0.717) is 24.9 Å². The van der Waals surface area contributed by atoms with Gasteiger partial charge in [-0.3, -0.25) is 9.79 Å². The van der Waals surface area contributed by atoms with Crippen molar-refractivity contribution < 1.29 is 29.6 Å². The van der Waals surface area contributed by atoms with Crippen LogP contribution >= 0.6 is 0 Å². The minimum atomic E-state index is -1.77. The van der Waals surface area contributed by atoms with Gasteiger partial charge in [0.15, 0.2) is 12.1 Å². The quantitative estimate of drug-likeness (QED) is 0.0934. The molecule has 0 bridgehead atoms. The molecular formula is C22H35N5O6. The van der Waals surface area contributed by atoms with Crippen LogP contribution in [0, 0.1) is 5.92 Å². The van der Waals surface area contributed by atoms with Crippen LogP contribution in [-0.2, 0) is 16.0 Å². The highest BCUT2D eigenvalue weighted by atomic mass is 16.5. The Labute approximate surface area is 193 Å². The lowest BCUT2D eigenvalue weighted by Crippen LogP contribution is -2.55. The zero-order valence-corrected chi connectivity index (χ0v) is 19.0. The number of nitrogens with two attached hydrogens (primary N) is 3. The fraction of sp³-hybridized carbons (Fsp3) is 0.591. The molecule has 0 fully saturated rings. The first kappa shape index (κ1) is 26.4. The Kier molecular flexibility index (Phi) is 9.44.